The summed E-state index contributed by atoms with van der Waals surface area (Å²) in [5, 5.41) is 6.94. The minimum absolute atomic E-state index is 0.781. The van der Waals surface area contributed by atoms with Crippen LogP contribution < -0.4 is 10.6 Å². The molecule has 0 radical (unpaired) electrons. The van der Waals surface area contributed by atoms with Gasteiger partial charge in [-0.05, 0) is 59.3 Å². The Kier molecular flexibility index (Phi) is 6.22. The Morgan fingerprint density at radius 1 is 1.13 bits per heavy atom. The van der Waals surface area contributed by atoms with Crippen LogP contribution in [0.25, 0.3) is 0 Å². The summed E-state index contributed by atoms with van der Waals surface area (Å²) >= 11 is 0. The number of nitrogens with one attached hydrogen (secondary N) is 2. The standard InChI is InChI=1S/C12H27N3/c1-13-12-6-4-11(5-7-12)10-14-8-9-15(2)3/h11-14H,4-10H2,1-3H3. The third-order valence-corrected chi connectivity index (χ3v) is 3.42. The van der Waals surface area contributed by atoms with E-state index in [0.717, 1.165) is 25.0 Å². The molecule has 0 unspecified atom stereocenters. The monoisotopic (exact) mass is 213 g/mol. The van der Waals surface area contributed by atoms with Crippen molar-refractivity contribution >= 4 is 0 Å². The molecular formula is C12H27N3. The molecular weight excluding hydrogens is 186 g/mol. The van der Waals surface area contributed by atoms with Gasteiger partial charge in [0.1, 0.15) is 0 Å². The molecule has 0 aliphatic heterocycles. The smallest absolute Gasteiger partial charge is 0.0101 e. The highest BCUT2D eigenvalue weighted by Crippen LogP contribution is 2.23. The Morgan fingerprint density at radius 2 is 1.80 bits per heavy atom. The lowest BCUT2D eigenvalue weighted by Crippen LogP contribution is -2.35. The summed E-state index contributed by atoms with van der Waals surface area (Å²) in [6, 6.07) is 0.781. The molecule has 1 aliphatic carbocycles. The van der Waals surface area contributed by atoms with Crippen LogP contribution in [0.2, 0.25) is 0 Å². The van der Waals surface area contributed by atoms with Gasteiger partial charge in [0.05, 0.1) is 0 Å². The zero-order chi connectivity index (χ0) is 11.1. The quantitative estimate of drug-likeness (QED) is 0.642. The van der Waals surface area contributed by atoms with Gasteiger partial charge in [0.2, 0.25) is 0 Å². The normalized spacial score (nSPS) is 27.2. The fraction of sp³-hybridized carbons (Fsp3) is 1.00. The second kappa shape index (κ2) is 7.20. The molecule has 1 saturated carbocycles. The van der Waals surface area contributed by atoms with E-state index in [-0.39, 0.29) is 0 Å². The first kappa shape index (κ1) is 12.9. The maximum atomic E-state index is 3.56. The average molecular weight is 213 g/mol. The number of hydrogen-bond acceptors (Lipinski definition) is 3. The maximum Gasteiger partial charge on any atom is 0.0101 e. The van der Waals surface area contributed by atoms with Crippen LogP contribution in [0.1, 0.15) is 25.7 Å². The first-order valence-corrected chi connectivity index (χ1v) is 6.25. The molecule has 1 fully saturated rings. The Bertz CT molecular complexity index is 151. The van der Waals surface area contributed by atoms with Gasteiger partial charge >= 0.3 is 0 Å². The summed E-state index contributed by atoms with van der Waals surface area (Å²) in [6.45, 7) is 3.48. The largest absolute Gasteiger partial charge is 0.317 e. The Hall–Kier alpha value is -0.120. The topological polar surface area (TPSA) is 27.3 Å². The number of rotatable bonds is 6. The molecule has 3 heteroatoms. The van der Waals surface area contributed by atoms with Crippen molar-refractivity contribution in [2.75, 3.05) is 40.8 Å². The van der Waals surface area contributed by atoms with E-state index >= 15 is 0 Å². The molecule has 0 aromatic rings. The summed E-state index contributed by atoms with van der Waals surface area (Å²) in [4.78, 5) is 2.23. The zero-order valence-electron chi connectivity index (χ0n) is 10.6. The third-order valence-electron chi connectivity index (χ3n) is 3.42. The lowest BCUT2D eigenvalue weighted by Gasteiger charge is -2.28. The summed E-state index contributed by atoms with van der Waals surface area (Å²) < 4.78 is 0. The van der Waals surface area contributed by atoms with Crippen molar-refractivity contribution in [2.45, 2.75) is 31.7 Å². The Labute approximate surface area is 94.6 Å². The molecule has 0 heterocycles. The summed E-state index contributed by atoms with van der Waals surface area (Å²) in [5.74, 6) is 0.914. The summed E-state index contributed by atoms with van der Waals surface area (Å²) in [5.41, 5.74) is 0. The van der Waals surface area contributed by atoms with Gasteiger partial charge in [-0.25, -0.2) is 0 Å². The molecule has 0 aromatic carbocycles. The fourth-order valence-corrected chi connectivity index (χ4v) is 2.26. The van der Waals surface area contributed by atoms with Gasteiger partial charge in [-0.1, -0.05) is 0 Å². The Morgan fingerprint density at radius 3 is 2.33 bits per heavy atom. The predicted molar refractivity (Wildman–Crippen MR) is 66.2 cm³/mol. The van der Waals surface area contributed by atoms with E-state index in [9.17, 15) is 0 Å². The van der Waals surface area contributed by atoms with Crippen LogP contribution in [0.15, 0.2) is 0 Å². The Balaban J connectivity index is 1.99. The van der Waals surface area contributed by atoms with E-state index < -0.39 is 0 Å². The highest BCUT2D eigenvalue weighted by atomic mass is 15.1. The van der Waals surface area contributed by atoms with E-state index in [0.29, 0.717) is 0 Å². The van der Waals surface area contributed by atoms with Crippen molar-refractivity contribution in [3.05, 3.63) is 0 Å². The molecule has 1 aliphatic rings. The second-order valence-electron chi connectivity index (χ2n) is 5.01. The first-order chi connectivity index (χ1) is 7.22. The lowest BCUT2D eigenvalue weighted by molar-refractivity contribution is 0.288. The van der Waals surface area contributed by atoms with Crippen LogP contribution in [0.3, 0.4) is 0 Å². The van der Waals surface area contributed by atoms with E-state index in [1.54, 1.807) is 0 Å². The SMILES string of the molecule is CNC1CCC(CNCCN(C)C)CC1. The molecule has 3 nitrogen and oxygen atoms in total. The number of likely N-dealkylation sites (N-methyl/N-ethyl adjacent to an activating group) is 1. The van der Waals surface area contributed by atoms with Crippen LogP contribution in [-0.4, -0.2) is 51.7 Å². The van der Waals surface area contributed by atoms with Gasteiger partial charge in [-0.2, -0.15) is 0 Å². The van der Waals surface area contributed by atoms with E-state index in [4.69, 9.17) is 0 Å². The van der Waals surface area contributed by atoms with Gasteiger partial charge in [0.15, 0.2) is 0 Å². The molecule has 0 amide bonds. The van der Waals surface area contributed by atoms with Crippen LogP contribution in [0.4, 0.5) is 0 Å². The molecule has 0 saturated heterocycles. The molecule has 90 valence electrons. The molecule has 0 spiro atoms. The molecule has 0 bridgehead atoms. The van der Waals surface area contributed by atoms with Crippen molar-refractivity contribution in [2.24, 2.45) is 5.92 Å². The highest BCUT2D eigenvalue weighted by Gasteiger charge is 2.19. The van der Waals surface area contributed by atoms with Gasteiger partial charge in [-0.3, -0.25) is 0 Å². The minimum atomic E-state index is 0.781. The van der Waals surface area contributed by atoms with E-state index in [2.05, 4.69) is 36.7 Å². The van der Waals surface area contributed by atoms with Crippen molar-refractivity contribution in [1.82, 2.24) is 15.5 Å². The zero-order valence-corrected chi connectivity index (χ0v) is 10.6. The minimum Gasteiger partial charge on any atom is -0.317 e. The van der Waals surface area contributed by atoms with Crippen molar-refractivity contribution in [3.63, 3.8) is 0 Å². The predicted octanol–water partition coefficient (Wildman–Crippen LogP) is 0.916. The van der Waals surface area contributed by atoms with Gasteiger partial charge in [0.25, 0.3) is 0 Å². The van der Waals surface area contributed by atoms with E-state index in [1.807, 2.05) is 0 Å². The lowest BCUT2D eigenvalue weighted by atomic mass is 9.86. The van der Waals surface area contributed by atoms with E-state index in [1.165, 1.54) is 32.2 Å². The van der Waals surface area contributed by atoms with Crippen LogP contribution in [-0.2, 0) is 0 Å². The molecule has 0 atom stereocenters. The summed E-state index contributed by atoms with van der Waals surface area (Å²) in [7, 11) is 6.33. The van der Waals surface area contributed by atoms with Gasteiger partial charge in [0, 0.05) is 19.1 Å². The third kappa shape index (κ3) is 5.50. The number of hydrogen-bond donors (Lipinski definition) is 2. The van der Waals surface area contributed by atoms with Crippen LogP contribution in [0.5, 0.6) is 0 Å². The fourth-order valence-electron chi connectivity index (χ4n) is 2.26. The average Bonchev–Trinajstić information content (AvgIpc) is 2.25. The van der Waals surface area contributed by atoms with Gasteiger partial charge < -0.3 is 15.5 Å². The molecule has 0 aromatic heterocycles. The van der Waals surface area contributed by atoms with Crippen molar-refractivity contribution in [1.29, 1.82) is 0 Å². The van der Waals surface area contributed by atoms with Crippen LogP contribution >= 0.6 is 0 Å². The maximum absolute atomic E-state index is 3.56. The van der Waals surface area contributed by atoms with Crippen molar-refractivity contribution < 1.29 is 0 Å². The molecule has 2 N–H and O–H groups in total. The summed E-state index contributed by atoms with van der Waals surface area (Å²) in [6.07, 6.45) is 5.49. The van der Waals surface area contributed by atoms with Crippen LogP contribution in [0, 0.1) is 5.92 Å². The van der Waals surface area contributed by atoms with Crippen molar-refractivity contribution in [3.8, 4) is 0 Å². The van der Waals surface area contributed by atoms with Gasteiger partial charge in [-0.15, -0.1) is 0 Å². The molecule has 15 heavy (non-hydrogen) atoms. The highest BCUT2D eigenvalue weighted by molar-refractivity contribution is 4.77. The second-order valence-corrected chi connectivity index (χ2v) is 5.01. The first-order valence-electron chi connectivity index (χ1n) is 6.25. The molecule has 1 rings (SSSR count). The number of nitrogens with zero attached hydrogens (tertiary/aromatic N) is 1.